The molecule has 168 valence electrons. The Balaban J connectivity index is 1.54. The molecule has 8 heteroatoms. The number of carbonyl (C=O) groups is 1. The summed E-state index contributed by atoms with van der Waals surface area (Å²) in [7, 11) is 1.55. The number of aromatic nitrogens is 4. The van der Waals surface area contributed by atoms with Crippen LogP contribution < -0.4 is 10.9 Å². The molecule has 33 heavy (non-hydrogen) atoms. The van der Waals surface area contributed by atoms with Gasteiger partial charge in [-0.2, -0.15) is 10.2 Å². The minimum absolute atomic E-state index is 0.170. The Labute approximate surface area is 191 Å². The minimum atomic E-state index is -0.365. The molecule has 8 nitrogen and oxygen atoms in total. The number of nitrogens with one attached hydrogen (secondary N) is 1. The highest BCUT2D eigenvalue weighted by Crippen LogP contribution is 2.22. The van der Waals surface area contributed by atoms with Crippen molar-refractivity contribution in [2.45, 2.75) is 19.6 Å². The Bertz CT molecular complexity index is 1270. The Kier molecular flexibility index (Phi) is 7.06. The zero-order valence-electron chi connectivity index (χ0n) is 18.3. The average molecular weight is 444 g/mol. The first kappa shape index (κ1) is 22.2. The molecular formula is C25H25N5O3. The van der Waals surface area contributed by atoms with E-state index in [0.29, 0.717) is 13.2 Å². The van der Waals surface area contributed by atoms with E-state index in [1.165, 1.54) is 16.8 Å². The second-order valence-corrected chi connectivity index (χ2v) is 7.51. The van der Waals surface area contributed by atoms with Gasteiger partial charge in [0, 0.05) is 37.0 Å². The summed E-state index contributed by atoms with van der Waals surface area (Å²) < 4.78 is 8.10. The molecule has 0 spiro atoms. The number of hydrogen-bond acceptors (Lipinski definition) is 5. The average Bonchev–Trinajstić information content (AvgIpc) is 3.25. The third kappa shape index (κ3) is 5.61. The van der Waals surface area contributed by atoms with Gasteiger partial charge in [0.2, 0.25) is 0 Å². The number of hydrogen-bond donors (Lipinski definition) is 1. The lowest BCUT2D eigenvalue weighted by Gasteiger charge is -2.08. The van der Waals surface area contributed by atoms with Crippen LogP contribution in [0.2, 0.25) is 0 Å². The standard InChI is InChI=1S/C25H25N5O3/c1-33-15-14-30-23(31)13-12-22(27-30)25(32)26-16-21-18-29(17-19-8-4-2-5-9-19)28-24(21)20-10-6-3-7-11-20/h2-13,18H,14-17H2,1H3,(H,26,32). The van der Waals surface area contributed by atoms with E-state index in [9.17, 15) is 9.59 Å². The molecule has 0 saturated carbocycles. The van der Waals surface area contributed by atoms with Gasteiger partial charge >= 0.3 is 0 Å². The fourth-order valence-corrected chi connectivity index (χ4v) is 3.46. The molecule has 2 aromatic heterocycles. The van der Waals surface area contributed by atoms with Crippen molar-refractivity contribution in [2.75, 3.05) is 13.7 Å². The third-order valence-corrected chi connectivity index (χ3v) is 5.12. The smallest absolute Gasteiger partial charge is 0.271 e. The van der Waals surface area contributed by atoms with Crippen LogP contribution in [0.3, 0.4) is 0 Å². The van der Waals surface area contributed by atoms with Crippen molar-refractivity contribution in [3.8, 4) is 11.3 Å². The van der Waals surface area contributed by atoms with Gasteiger partial charge in [0.25, 0.3) is 11.5 Å². The Morgan fingerprint density at radius 2 is 1.70 bits per heavy atom. The maximum Gasteiger partial charge on any atom is 0.271 e. The number of ether oxygens (including phenoxy) is 1. The van der Waals surface area contributed by atoms with E-state index in [-0.39, 0.29) is 30.2 Å². The summed E-state index contributed by atoms with van der Waals surface area (Å²) in [6, 6.07) is 22.7. The molecule has 4 rings (SSSR count). The molecule has 1 N–H and O–H groups in total. The van der Waals surface area contributed by atoms with Crippen LogP contribution >= 0.6 is 0 Å². The summed E-state index contributed by atoms with van der Waals surface area (Å²) in [5, 5.41) is 11.8. The van der Waals surface area contributed by atoms with Crippen molar-refractivity contribution >= 4 is 5.91 Å². The molecule has 0 bridgehead atoms. The molecule has 0 aliphatic rings. The number of nitrogens with zero attached hydrogens (tertiary/aromatic N) is 4. The summed E-state index contributed by atoms with van der Waals surface area (Å²) in [4.78, 5) is 24.7. The third-order valence-electron chi connectivity index (χ3n) is 5.12. The van der Waals surface area contributed by atoms with Crippen LogP contribution in [0.4, 0.5) is 0 Å². The van der Waals surface area contributed by atoms with Gasteiger partial charge in [0.1, 0.15) is 5.69 Å². The molecule has 0 aliphatic carbocycles. The van der Waals surface area contributed by atoms with Gasteiger partial charge < -0.3 is 10.1 Å². The number of methoxy groups -OCH3 is 1. The number of amides is 1. The van der Waals surface area contributed by atoms with Gasteiger partial charge in [-0.1, -0.05) is 60.7 Å². The van der Waals surface area contributed by atoms with Gasteiger partial charge in [-0.3, -0.25) is 14.3 Å². The molecular weight excluding hydrogens is 418 g/mol. The molecule has 0 radical (unpaired) electrons. The molecule has 0 atom stereocenters. The van der Waals surface area contributed by atoms with Crippen molar-refractivity contribution in [3.63, 3.8) is 0 Å². The highest BCUT2D eigenvalue weighted by Gasteiger charge is 2.15. The first-order valence-electron chi connectivity index (χ1n) is 10.6. The molecule has 2 aromatic carbocycles. The maximum absolute atomic E-state index is 12.8. The summed E-state index contributed by atoms with van der Waals surface area (Å²) in [6.07, 6.45) is 1.95. The monoisotopic (exact) mass is 443 g/mol. The van der Waals surface area contributed by atoms with E-state index in [1.807, 2.05) is 59.4 Å². The fraction of sp³-hybridized carbons (Fsp3) is 0.200. The lowest BCUT2D eigenvalue weighted by atomic mass is 10.1. The minimum Gasteiger partial charge on any atom is -0.383 e. The van der Waals surface area contributed by atoms with E-state index in [1.54, 1.807) is 7.11 Å². The molecule has 1 amide bonds. The molecule has 0 fully saturated rings. The lowest BCUT2D eigenvalue weighted by molar-refractivity contribution is 0.0942. The predicted molar refractivity (Wildman–Crippen MR) is 125 cm³/mol. The van der Waals surface area contributed by atoms with Gasteiger partial charge in [-0.25, -0.2) is 4.68 Å². The first-order chi connectivity index (χ1) is 16.1. The van der Waals surface area contributed by atoms with Crippen LogP contribution in [0.25, 0.3) is 11.3 Å². The number of rotatable bonds is 9. The Hall–Kier alpha value is -4.04. The van der Waals surface area contributed by atoms with Crippen LogP contribution in [-0.2, 0) is 24.4 Å². The predicted octanol–water partition coefficient (Wildman–Crippen LogP) is 2.73. The van der Waals surface area contributed by atoms with Crippen LogP contribution in [-0.4, -0.2) is 39.2 Å². The summed E-state index contributed by atoms with van der Waals surface area (Å²) in [5.74, 6) is -0.365. The molecule has 0 unspecified atom stereocenters. The number of carbonyl (C=O) groups excluding carboxylic acids is 1. The van der Waals surface area contributed by atoms with Crippen molar-refractivity contribution in [2.24, 2.45) is 0 Å². The first-order valence-corrected chi connectivity index (χ1v) is 10.6. The fourth-order valence-electron chi connectivity index (χ4n) is 3.46. The Morgan fingerprint density at radius 3 is 2.42 bits per heavy atom. The zero-order valence-corrected chi connectivity index (χ0v) is 18.3. The van der Waals surface area contributed by atoms with E-state index in [2.05, 4.69) is 22.5 Å². The van der Waals surface area contributed by atoms with Crippen LogP contribution in [0.1, 0.15) is 21.6 Å². The van der Waals surface area contributed by atoms with Crippen LogP contribution in [0.15, 0.2) is 83.8 Å². The lowest BCUT2D eigenvalue weighted by Crippen LogP contribution is -2.30. The summed E-state index contributed by atoms with van der Waals surface area (Å²) in [6.45, 7) is 1.51. The zero-order chi connectivity index (χ0) is 23.0. The van der Waals surface area contributed by atoms with E-state index >= 15 is 0 Å². The number of benzene rings is 2. The topological polar surface area (TPSA) is 91.0 Å². The van der Waals surface area contributed by atoms with Crippen LogP contribution in [0, 0.1) is 0 Å². The van der Waals surface area contributed by atoms with Gasteiger partial charge in [0.15, 0.2) is 0 Å². The van der Waals surface area contributed by atoms with Crippen LogP contribution in [0.5, 0.6) is 0 Å². The highest BCUT2D eigenvalue weighted by molar-refractivity contribution is 5.92. The van der Waals surface area contributed by atoms with Gasteiger partial charge in [0.05, 0.1) is 25.4 Å². The summed E-state index contributed by atoms with van der Waals surface area (Å²) >= 11 is 0. The quantitative estimate of drug-likeness (QED) is 0.430. The highest BCUT2D eigenvalue weighted by atomic mass is 16.5. The van der Waals surface area contributed by atoms with E-state index in [0.717, 1.165) is 22.4 Å². The second kappa shape index (κ2) is 10.5. The molecule has 0 aliphatic heterocycles. The summed E-state index contributed by atoms with van der Waals surface area (Å²) in [5.41, 5.74) is 3.70. The normalized spacial score (nSPS) is 10.8. The SMILES string of the molecule is COCCn1nc(C(=O)NCc2cn(Cc3ccccc3)nc2-c2ccccc2)ccc1=O. The van der Waals surface area contributed by atoms with Crippen molar-refractivity contribution in [3.05, 3.63) is 106 Å². The van der Waals surface area contributed by atoms with Gasteiger partial charge in [-0.05, 0) is 11.6 Å². The van der Waals surface area contributed by atoms with E-state index < -0.39 is 0 Å². The van der Waals surface area contributed by atoms with Crippen molar-refractivity contribution in [1.82, 2.24) is 24.9 Å². The molecule has 2 heterocycles. The Morgan fingerprint density at radius 1 is 0.970 bits per heavy atom. The second-order valence-electron chi connectivity index (χ2n) is 7.51. The largest absolute Gasteiger partial charge is 0.383 e. The molecule has 4 aromatic rings. The van der Waals surface area contributed by atoms with Crippen molar-refractivity contribution in [1.29, 1.82) is 0 Å². The van der Waals surface area contributed by atoms with Crippen molar-refractivity contribution < 1.29 is 9.53 Å². The maximum atomic E-state index is 12.8. The van der Waals surface area contributed by atoms with E-state index in [4.69, 9.17) is 9.84 Å². The van der Waals surface area contributed by atoms with Gasteiger partial charge in [-0.15, -0.1) is 0 Å². The molecule has 0 saturated heterocycles.